The third kappa shape index (κ3) is 1.07. The first kappa shape index (κ1) is 6.66. The highest BCUT2D eigenvalue weighted by molar-refractivity contribution is 4.90. The summed E-state index contributed by atoms with van der Waals surface area (Å²) in [6.45, 7) is 2.32. The van der Waals surface area contributed by atoms with Gasteiger partial charge in [-0.1, -0.05) is 12.8 Å². The van der Waals surface area contributed by atoms with E-state index >= 15 is 0 Å². The van der Waals surface area contributed by atoms with Gasteiger partial charge in [0.1, 0.15) is 0 Å². The van der Waals surface area contributed by atoms with Crippen LogP contribution in [0.2, 0.25) is 0 Å². The van der Waals surface area contributed by atoms with Crippen LogP contribution in [0, 0.1) is 5.92 Å². The second kappa shape index (κ2) is 2.54. The van der Waals surface area contributed by atoms with Gasteiger partial charge in [0.25, 0.3) is 0 Å². The van der Waals surface area contributed by atoms with Crippen molar-refractivity contribution in [3.8, 4) is 0 Å². The quantitative estimate of drug-likeness (QED) is 0.540. The molecule has 2 fully saturated rings. The number of fused-ring (bicyclic) bond motifs is 1. The minimum atomic E-state index is 0.799. The van der Waals surface area contributed by atoms with Crippen LogP contribution >= 0.6 is 0 Å². The van der Waals surface area contributed by atoms with Gasteiger partial charge in [-0.05, 0) is 32.1 Å². The van der Waals surface area contributed by atoms with E-state index in [2.05, 4.69) is 12.2 Å². The molecule has 0 bridgehead atoms. The average molecular weight is 139 g/mol. The Bertz CT molecular complexity index is 108. The zero-order valence-electron chi connectivity index (χ0n) is 6.77. The maximum absolute atomic E-state index is 3.66. The number of nitrogens with one attached hydrogen (secondary N) is 1. The fourth-order valence-electron chi connectivity index (χ4n) is 2.60. The largest absolute Gasteiger partial charge is 0.311 e. The van der Waals surface area contributed by atoms with E-state index < -0.39 is 0 Å². The Kier molecular flexibility index (Phi) is 1.69. The van der Waals surface area contributed by atoms with Gasteiger partial charge in [0.15, 0.2) is 0 Å². The molecule has 0 radical (unpaired) electrons. The smallest absolute Gasteiger partial charge is 0.00983 e. The van der Waals surface area contributed by atoms with Crippen LogP contribution < -0.4 is 5.32 Å². The normalized spacial score (nSPS) is 47.1. The van der Waals surface area contributed by atoms with Crippen molar-refractivity contribution in [2.24, 2.45) is 5.92 Å². The molecule has 1 aliphatic carbocycles. The molecule has 0 amide bonds. The minimum absolute atomic E-state index is 0.799. The van der Waals surface area contributed by atoms with Crippen molar-refractivity contribution in [2.45, 2.75) is 51.1 Å². The molecule has 3 atom stereocenters. The van der Waals surface area contributed by atoms with Crippen molar-refractivity contribution in [3.63, 3.8) is 0 Å². The van der Waals surface area contributed by atoms with Crippen LogP contribution in [-0.4, -0.2) is 12.1 Å². The molecule has 1 N–H and O–H groups in total. The van der Waals surface area contributed by atoms with Gasteiger partial charge < -0.3 is 5.32 Å². The van der Waals surface area contributed by atoms with Crippen molar-refractivity contribution >= 4 is 0 Å². The second-order valence-corrected chi connectivity index (χ2v) is 3.95. The standard InChI is InChI=1S/C9H17N/c1-7-6-8-4-2-3-5-9(8)10-7/h7-10H,2-6H2,1H3/t7-,8+,9-/m0/s1. The van der Waals surface area contributed by atoms with Crippen LogP contribution in [0.3, 0.4) is 0 Å². The SMILES string of the molecule is C[C@H]1C[C@H]2CCCC[C@@H]2N1. The Hall–Kier alpha value is -0.0400. The summed E-state index contributed by atoms with van der Waals surface area (Å²) in [7, 11) is 0. The first-order chi connectivity index (χ1) is 4.86. The lowest BCUT2D eigenvalue weighted by Gasteiger charge is -2.24. The highest BCUT2D eigenvalue weighted by Gasteiger charge is 2.32. The van der Waals surface area contributed by atoms with Gasteiger partial charge in [-0.2, -0.15) is 0 Å². The van der Waals surface area contributed by atoms with Crippen molar-refractivity contribution in [3.05, 3.63) is 0 Å². The molecule has 58 valence electrons. The molecular formula is C9H17N. The van der Waals surface area contributed by atoms with Crippen molar-refractivity contribution < 1.29 is 0 Å². The molecule has 2 aliphatic rings. The zero-order valence-corrected chi connectivity index (χ0v) is 6.77. The molecule has 0 aromatic rings. The predicted octanol–water partition coefficient (Wildman–Crippen LogP) is 1.93. The molecular weight excluding hydrogens is 122 g/mol. The Morgan fingerprint density at radius 3 is 2.80 bits per heavy atom. The molecule has 2 rings (SSSR count). The molecule has 0 aromatic carbocycles. The van der Waals surface area contributed by atoms with E-state index in [0.717, 1.165) is 18.0 Å². The molecule has 1 saturated carbocycles. The van der Waals surface area contributed by atoms with E-state index in [1.807, 2.05) is 0 Å². The molecule has 0 spiro atoms. The Morgan fingerprint density at radius 2 is 2.00 bits per heavy atom. The van der Waals surface area contributed by atoms with Gasteiger partial charge in [-0.3, -0.25) is 0 Å². The summed E-state index contributed by atoms with van der Waals surface area (Å²) in [5, 5.41) is 3.66. The van der Waals surface area contributed by atoms with Crippen molar-refractivity contribution in [1.29, 1.82) is 0 Å². The molecule has 1 nitrogen and oxygen atoms in total. The third-order valence-electron chi connectivity index (χ3n) is 3.06. The zero-order chi connectivity index (χ0) is 6.97. The van der Waals surface area contributed by atoms with E-state index in [0.29, 0.717) is 0 Å². The predicted molar refractivity (Wildman–Crippen MR) is 43.0 cm³/mol. The molecule has 1 saturated heterocycles. The third-order valence-corrected chi connectivity index (χ3v) is 3.06. The van der Waals surface area contributed by atoms with Gasteiger partial charge in [0.2, 0.25) is 0 Å². The fraction of sp³-hybridized carbons (Fsp3) is 1.00. The van der Waals surface area contributed by atoms with Gasteiger partial charge in [-0.25, -0.2) is 0 Å². The van der Waals surface area contributed by atoms with Crippen LogP contribution in [0.5, 0.6) is 0 Å². The summed E-state index contributed by atoms with van der Waals surface area (Å²) in [5.41, 5.74) is 0. The molecule has 10 heavy (non-hydrogen) atoms. The topological polar surface area (TPSA) is 12.0 Å². The first-order valence-electron chi connectivity index (χ1n) is 4.62. The second-order valence-electron chi connectivity index (χ2n) is 3.95. The van der Waals surface area contributed by atoms with Gasteiger partial charge in [0, 0.05) is 12.1 Å². The Morgan fingerprint density at radius 1 is 1.20 bits per heavy atom. The molecule has 1 heterocycles. The Balaban J connectivity index is 1.97. The number of hydrogen-bond acceptors (Lipinski definition) is 1. The lowest BCUT2D eigenvalue weighted by atomic mass is 9.85. The van der Waals surface area contributed by atoms with Gasteiger partial charge in [0.05, 0.1) is 0 Å². The van der Waals surface area contributed by atoms with Crippen molar-refractivity contribution in [2.75, 3.05) is 0 Å². The van der Waals surface area contributed by atoms with Crippen molar-refractivity contribution in [1.82, 2.24) is 5.32 Å². The summed E-state index contributed by atoms with van der Waals surface area (Å²) in [6.07, 6.45) is 7.30. The van der Waals surface area contributed by atoms with Crippen LogP contribution in [0.1, 0.15) is 39.0 Å². The highest BCUT2D eigenvalue weighted by Crippen LogP contribution is 2.32. The molecule has 1 heteroatoms. The summed E-state index contributed by atoms with van der Waals surface area (Å²) in [5.74, 6) is 1.03. The van der Waals surface area contributed by atoms with E-state index in [-0.39, 0.29) is 0 Å². The summed E-state index contributed by atoms with van der Waals surface area (Å²) < 4.78 is 0. The van der Waals surface area contributed by atoms with E-state index in [1.165, 1.54) is 32.1 Å². The average Bonchev–Trinajstić information content (AvgIpc) is 2.27. The van der Waals surface area contributed by atoms with Crippen LogP contribution in [-0.2, 0) is 0 Å². The Labute approximate surface area is 63.2 Å². The van der Waals surface area contributed by atoms with E-state index in [4.69, 9.17) is 0 Å². The maximum atomic E-state index is 3.66. The van der Waals surface area contributed by atoms with Gasteiger partial charge >= 0.3 is 0 Å². The maximum Gasteiger partial charge on any atom is 0.00983 e. The van der Waals surface area contributed by atoms with E-state index in [9.17, 15) is 0 Å². The van der Waals surface area contributed by atoms with Gasteiger partial charge in [-0.15, -0.1) is 0 Å². The highest BCUT2D eigenvalue weighted by atomic mass is 15.0. The lowest BCUT2D eigenvalue weighted by molar-refractivity contribution is 0.325. The number of hydrogen-bond donors (Lipinski definition) is 1. The fourth-order valence-corrected chi connectivity index (χ4v) is 2.60. The molecule has 1 aliphatic heterocycles. The number of rotatable bonds is 0. The molecule has 0 aromatic heterocycles. The summed E-state index contributed by atoms with van der Waals surface area (Å²) in [4.78, 5) is 0. The van der Waals surface area contributed by atoms with Crippen LogP contribution in [0.4, 0.5) is 0 Å². The summed E-state index contributed by atoms with van der Waals surface area (Å²) in [6, 6.07) is 1.69. The minimum Gasteiger partial charge on any atom is -0.311 e. The van der Waals surface area contributed by atoms with Crippen LogP contribution in [0.15, 0.2) is 0 Å². The summed E-state index contributed by atoms with van der Waals surface area (Å²) >= 11 is 0. The first-order valence-corrected chi connectivity index (χ1v) is 4.62. The van der Waals surface area contributed by atoms with Crippen LogP contribution in [0.25, 0.3) is 0 Å². The lowest BCUT2D eigenvalue weighted by Crippen LogP contribution is -2.31. The molecule has 0 unspecified atom stereocenters. The van der Waals surface area contributed by atoms with E-state index in [1.54, 1.807) is 0 Å². The monoisotopic (exact) mass is 139 g/mol.